The largest absolute Gasteiger partial charge is 0.524 e. The molecule has 1 aromatic carbocycles. The van der Waals surface area contributed by atoms with Crippen molar-refractivity contribution in [3.05, 3.63) is 35.9 Å². The molecule has 0 saturated carbocycles. The summed E-state index contributed by atoms with van der Waals surface area (Å²) in [5, 5.41) is 9.65. The first kappa shape index (κ1) is 14.9. The molecule has 0 radical (unpaired) electrons. The summed E-state index contributed by atoms with van der Waals surface area (Å²) in [4.78, 5) is 0. The fourth-order valence-electron chi connectivity index (χ4n) is 1.70. The van der Waals surface area contributed by atoms with Gasteiger partial charge in [0, 0.05) is 6.42 Å². The maximum absolute atomic E-state index is 12.3. The number of aliphatic hydroxyl groups is 1. The van der Waals surface area contributed by atoms with Gasteiger partial charge in [-0.2, -0.15) is 0 Å². The van der Waals surface area contributed by atoms with E-state index in [0.29, 0.717) is 5.56 Å². The molecule has 3 nitrogen and oxygen atoms in total. The van der Waals surface area contributed by atoms with Gasteiger partial charge in [0.2, 0.25) is 0 Å². The Balaban J connectivity index is 2.91. The van der Waals surface area contributed by atoms with Gasteiger partial charge in [0.15, 0.2) is 5.72 Å². The predicted molar refractivity (Wildman–Crippen MR) is 60.5 cm³/mol. The first-order valence-electron chi connectivity index (χ1n) is 5.54. The number of halogens is 3. The van der Waals surface area contributed by atoms with Crippen LogP contribution in [0.2, 0.25) is 0 Å². The van der Waals surface area contributed by atoms with E-state index in [1.54, 1.807) is 30.3 Å². The molecule has 1 rings (SSSR count). The highest BCUT2D eigenvalue weighted by molar-refractivity contribution is 5.17. The SMILES string of the molecule is CCC(O)C(N)(Cc1ccccc1)OC(F)(F)F. The number of benzene rings is 1. The van der Waals surface area contributed by atoms with Gasteiger partial charge in [-0.25, -0.2) is 0 Å². The van der Waals surface area contributed by atoms with Gasteiger partial charge < -0.3 is 10.8 Å². The standard InChI is InChI=1S/C12H16F3NO2/c1-2-10(17)11(16,18-12(13,14)15)8-9-6-4-3-5-7-9/h3-7,10,17H,2,8,16H2,1H3. The Kier molecular flexibility index (Phi) is 4.72. The summed E-state index contributed by atoms with van der Waals surface area (Å²) in [5.74, 6) is 0. The van der Waals surface area contributed by atoms with E-state index in [0.717, 1.165) is 0 Å². The lowest BCUT2D eigenvalue weighted by Crippen LogP contribution is -2.57. The van der Waals surface area contributed by atoms with Crippen molar-refractivity contribution in [1.82, 2.24) is 0 Å². The van der Waals surface area contributed by atoms with Crippen LogP contribution in [0.3, 0.4) is 0 Å². The number of hydrogen-bond donors (Lipinski definition) is 2. The maximum Gasteiger partial charge on any atom is 0.524 e. The summed E-state index contributed by atoms with van der Waals surface area (Å²) in [6.45, 7) is 1.54. The molecule has 6 heteroatoms. The van der Waals surface area contributed by atoms with E-state index in [-0.39, 0.29) is 12.8 Å². The third-order valence-electron chi connectivity index (χ3n) is 2.58. The molecular weight excluding hydrogens is 247 g/mol. The molecule has 18 heavy (non-hydrogen) atoms. The summed E-state index contributed by atoms with van der Waals surface area (Å²) < 4.78 is 40.9. The lowest BCUT2D eigenvalue weighted by Gasteiger charge is -2.34. The van der Waals surface area contributed by atoms with Crippen molar-refractivity contribution in [2.24, 2.45) is 5.73 Å². The number of ether oxygens (including phenoxy) is 1. The van der Waals surface area contributed by atoms with Gasteiger partial charge in [0.1, 0.15) is 0 Å². The van der Waals surface area contributed by atoms with Gasteiger partial charge in [0.25, 0.3) is 0 Å². The van der Waals surface area contributed by atoms with Crippen LogP contribution in [0.25, 0.3) is 0 Å². The van der Waals surface area contributed by atoms with Crippen molar-refractivity contribution >= 4 is 0 Å². The second-order valence-corrected chi connectivity index (χ2v) is 4.09. The first-order valence-corrected chi connectivity index (χ1v) is 5.54. The zero-order valence-electron chi connectivity index (χ0n) is 9.95. The molecule has 2 atom stereocenters. The Labute approximate surface area is 103 Å². The van der Waals surface area contributed by atoms with E-state index < -0.39 is 18.2 Å². The molecule has 1 aromatic rings. The molecule has 0 saturated heterocycles. The smallest absolute Gasteiger partial charge is 0.389 e. The quantitative estimate of drug-likeness (QED) is 0.801. The number of aliphatic hydroxyl groups excluding tert-OH is 1. The number of hydrogen-bond acceptors (Lipinski definition) is 3. The number of alkyl halides is 3. The summed E-state index contributed by atoms with van der Waals surface area (Å²) in [5.41, 5.74) is 3.97. The van der Waals surface area contributed by atoms with Crippen LogP contribution in [0.15, 0.2) is 30.3 Å². The summed E-state index contributed by atoms with van der Waals surface area (Å²) >= 11 is 0. The molecule has 0 aliphatic carbocycles. The molecule has 0 aliphatic heterocycles. The second kappa shape index (κ2) is 5.69. The minimum atomic E-state index is -4.89. The highest BCUT2D eigenvalue weighted by Crippen LogP contribution is 2.28. The van der Waals surface area contributed by atoms with Crippen LogP contribution >= 0.6 is 0 Å². The van der Waals surface area contributed by atoms with Crippen LogP contribution in [0.4, 0.5) is 13.2 Å². The van der Waals surface area contributed by atoms with E-state index in [2.05, 4.69) is 4.74 Å². The van der Waals surface area contributed by atoms with Crippen LogP contribution in [0.1, 0.15) is 18.9 Å². The Morgan fingerprint density at radius 1 is 1.28 bits per heavy atom. The van der Waals surface area contributed by atoms with Crippen LogP contribution < -0.4 is 5.73 Å². The van der Waals surface area contributed by atoms with Gasteiger partial charge in [-0.3, -0.25) is 4.74 Å². The van der Waals surface area contributed by atoms with E-state index in [9.17, 15) is 18.3 Å². The lowest BCUT2D eigenvalue weighted by molar-refractivity contribution is -0.378. The zero-order chi connectivity index (χ0) is 13.8. The third-order valence-corrected chi connectivity index (χ3v) is 2.58. The molecule has 0 spiro atoms. The number of nitrogens with two attached hydrogens (primary N) is 1. The highest BCUT2D eigenvalue weighted by atomic mass is 19.4. The van der Waals surface area contributed by atoms with Crippen molar-refractivity contribution < 1.29 is 23.0 Å². The Morgan fingerprint density at radius 3 is 2.28 bits per heavy atom. The van der Waals surface area contributed by atoms with E-state index in [1.807, 2.05) is 0 Å². The molecule has 0 aliphatic rings. The van der Waals surface area contributed by atoms with Gasteiger partial charge in [0.05, 0.1) is 6.10 Å². The average Bonchev–Trinajstić information content (AvgIpc) is 2.26. The second-order valence-electron chi connectivity index (χ2n) is 4.09. The van der Waals surface area contributed by atoms with Crippen LogP contribution in [0, 0.1) is 0 Å². The molecule has 3 N–H and O–H groups in total. The molecule has 102 valence electrons. The van der Waals surface area contributed by atoms with Crippen molar-refractivity contribution in [2.75, 3.05) is 0 Å². The first-order chi connectivity index (χ1) is 8.27. The molecule has 2 unspecified atom stereocenters. The fraction of sp³-hybridized carbons (Fsp3) is 0.500. The lowest BCUT2D eigenvalue weighted by atomic mass is 9.96. The molecule has 0 bridgehead atoms. The van der Waals surface area contributed by atoms with Gasteiger partial charge >= 0.3 is 6.36 Å². The fourth-order valence-corrected chi connectivity index (χ4v) is 1.70. The van der Waals surface area contributed by atoms with Crippen molar-refractivity contribution in [1.29, 1.82) is 0 Å². The zero-order valence-corrected chi connectivity index (χ0v) is 9.95. The van der Waals surface area contributed by atoms with E-state index in [1.165, 1.54) is 6.92 Å². The van der Waals surface area contributed by atoms with Crippen molar-refractivity contribution in [3.8, 4) is 0 Å². The third kappa shape index (κ3) is 4.29. The Bertz CT molecular complexity index is 369. The normalized spacial score (nSPS) is 17.2. The Hall–Kier alpha value is -1.11. The predicted octanol–water partition coefficient (Wildman–Crippen LogP) is 2.19. The van der Waals surface area contributed by atoms with Gasteiger partial charge in [-0.15, -0.1) is 13.2 Å². The molecule has 0 aromatic heterocycles. The van der Waals surface area contributed by atoms with Gasteiger partial charge in [-0.1, -0.05) is 37.3 Å². The van der Waals surface area contributed by atoms with E-state index in [4.69, 9.17) is 5.73 Å². The average molecular weight is 263 g/mol. The monoisotopic (exact) mass is 263 g/mol. The van der Waals surface area contributed by atoms with Crippen LogP contribution in [-0.2, 0) is 11.2 Å². The molecular formula is C12H16F3NO2. The molecule has 0 heterocycles. The summed E-state index contributed by atoms with van der Waals surface area (Å²) in [6, 6.07) is 8.36. The minimum absolute atomic E-state index is 0.0689. The van der Waals surface area contributed by atoms with Crippen molar-refractivity contribution in [3.63, 3.8) is 0 Å². The molecule has 0 amide bonds. The minimum Gasteiger partial charge on any atom is -0.389 e. The van der Waals surface area contributed by atoms with Crippen LogP contribution in [-0.4, -0.2) is 23.3 Å². The summed E-state index contributed by atoms with van der Waals surface area (Å²) in [7, 11) is 0. The maximum atomic E-state index is 12.3. The number of rotatable bonds is 5. The van der Waals surface area contributed by atoms with Crippen LogP contribution in [0.5, 0.6) is 0 Å². The summed E-state index contributed by atoms with van der Waals surface area (Å²) in [6.07, 6.45) is -6.44. The van der Waals surface area contributed by atoms with Gasteiger partial charge in [-0.05, 0) is 12.0 Å². The van der Waals surface area contributed by atoms with Crippen molar-refractivity contribution in [2.45, 2.75) is 38.0 Å². The highest BCUT2D eigenvalue weighted by Gasteiger charge is 2.45. The molecule has 0 fully saturated rings. The topological polar surface area (TPSA) is 55.5 Å². The Morgan fingerprint density at radius 2 is 1.83 bits per heavy atom. The van der Waals surface area contributed by atoms with E-state index >= 15 is 0 Å².